The van der Waals surface area contributed by atoms with Crippen LogP contribution in [0.2, 0.25) is 0 Å². The number of para-hydroxylation sites is 1. The molecule has 1 rings (SSSR count). The van der Waals surface area contributed by atoms with Gasteiger partial charge in [0.15, 0.2) is 0 Å². The number of carbonyl (C=O) groups excluding carboxylic acids is 2. The first kappa shape index (κ1) is 24.6. The van der Waals surface area contributed by atoms with E-state index in [-0.39, 0.29) is 5.91 Å². The van der Waals surface area contributed by atoms with Crippen LogP contribution in [0.15, 0.2) is 18.2 Å². The van der Waals surface area contributed by atoms with Gasteiger partial charge in [0.2, 0.25) is 0 Å². The molecule has 0 atom stereocenters. The van der Waals surface area contributed by atoms with Crippen LogP contribution >= 0.6 is 7.26 Å². The maximum atomic E-state index is 13.1. The van der Waals surface area contributed by atoms with Crippen LogP contribution in [0.3, 0.4) is 0 Å². The molecule has 0 fully saturated rings. The number of esters is 1. The van der Waals surface area contributed by atoms with E-state index in [1.165, 1.54) is 64.1 Å². The Balaban J connectivity index is 3.05. The predicted molar refractivity (Wildman–Crippen MR) is 122 cm³/mol. The first-order chi connectivity index (χ1) is 13.4. The molecule has 1 aromatic rings. The summed E-state index contributed by atoms with van der Waals surface area (Å²) in [5.41, 5.74) is 1.91. The molecule has 0 aliphatic heterocycles. The summed E-state index contributed by atoms with van der Waals surface area (Å²) in [6, 6.07) is 5.44. The van der Waals surface area contributed by atoms with Crippen LogP contribution in [0.4, 0.5) is 5.69 Å². The van der Waals surface area contributed by atoms with Gasteiger partial charge in [-0.1, -0.05) is 52.2 Å². The molecule has 0 unspecified atom stereocenters. The molecule has 1 aromatic carbocycles. The van der Waals surface area contributed by atoms with Crippen molar-refractivity contribution in [2.45, 2.75) is 66.2 Å². The third-order valence-electron chi connectivity index (χ3n) is 5.38. The summed E-state index contributed by atoms with van der Waals surface area (Å²) >= 11 is 0. The highest BCUT2D eigenvalue weighted by molar-refractivity contribution is 7.76. The van der Waals surface area contributed by atoms with E-state index in [1.807, 2.05) is 19.1 Å². The molecule has 1 amide bonds. The van der Waals surface area contributed by atoms with E-state index in [4.69, 9.17) is 4.74 Å². The number of anilines is 1. The van der Waals surface area contributed by atoms with Gasteiger partial charge in [0.05, 0.1) is 36.8 Å². The Morgan fingerprint density at radius 3 is 1.96 bits per heavy atom. The quantitative estimate of drug-likeness (QED) is 0.315. The van der Waals surface area contributed by atoms with Gasteiger partial charge in [-0.05, 0) is 37.8 Å². The van der Waals surface area contributed by atoms with Crippen LogP contribution in [0, 0.1) is 6.92 Å². The Labute approximate surface area is 172 Å². The highest BCUT2D eigenvalue weighted by Crippen LogP contribution is 2.60. The molecule has 1 N–H and O–H groups in total. The first-order valence-corrected chi connectivity index (χ1v) is 13.3. The molecule has 0 saturated heterocycles. The van der Waals surface area contributed by atoms with Gasteiger partial charge in [0, 0.05) is 7.26 Å². The largest absolute Gasteiger partial charge is 0.465 e. The minimum atomic E-state index is -1.33. The lowest BCUT2D eigenvalue weighted by Crippen LogP contribution is -2.25. The number of hydrogen-bond acceptors (Lipinski definition) is 3. The van der Waals surface area contributed by atoms with Crippen molar-refractivity contribution in [1.29, 1.82) is 0 Å². The number of methoxy groups -OCH3 is 1. The third-order valence-corrected chi connectivity index (χ3v) is 10.1. The molecule has 0 aromatic heterocycles. The van der Waals surface area contributed by atoms with E-state index < -0.39 is 13.2 Å². The van der Waals surface area contributed by atoms with Crippen molar-refractivity contribution in [1.82, 2.24) is 0 Å². The number of hydrogen-bond donors (Lipinski definition) is 1. The van der Waals surface area contributed by atoms with E-state index >= 15 is 0 Å². The lowest BCUT2D eigenvalue weighted by Gasteiger charge is -2.27. The van der Waals surface area contributed by atoms with E-state index in [0.717, 1.165) is 5.56 Å². The smallest absolute Gasteiger partial charge is 0.339 e. The Hall–Kier alpha value is -1.41. The Morgan fingerprint density at radius 2 is 1.50 bits per heavy atom. The van der Waals surface area contributed by atoms with Crippen molar-refractivity contribution in [3.63, 3.8) is 0 Å². The molecule has 0 heterocycles. The van der Waals surface area contributed by atoms with Gasteiger partial charge in [-0.3, -0.25) is 4.79 Å². The highest BCUT2D eigenvalue weighted by atomic mass is 31.2. The zero-order valence-corrected chi connectivity index (χ0v) is 19.4. The average Bonchev–Trinajstić information content (AvgIpc) is 2.69. The number of rotatable bonds is 13. The summed E-state index contributed by atoms with van der Waals surface area (Å²) in [6.45, 7) is 8.59. The fourth-order valence-electron chi connectivity index (χ4n) is 3.65. The Bertz CT molecular complexity index is 608. The van der Waals surface area contributed by atoms with Crippen molar-refractivity contribution < 1.29 is 14.3 Å². The average molecular weight is 409 g/mol. The van der Waals surface area contributed by atoms with E-state index in [1.54, 1.807) is 6.07 Å². The minimum Gasteiger partial charge on any atom is -0.465 e. The van der Waals surface area contributed by atoms with E-state index in [9.17, 15) is 9.59 Å². The number of amides is 1. The Morgan fingerprint density at radius 1 is 0.964 bits per heavy atom. The van der Waals surface area contributed by atoms with Crippen LogP contribution < -0.4 is 5.32 Å². The number of unbranched alkanes of at least 4 members (excludes halogenated alkanes) is 3. The fourth-order valence-corrected chi connectivity index (χ4v) is 8.45. The predicted octanol–water partition coefficient (Wildman–Crippen LogP) is 6.14. The molecule has 0 bridgehead atoms. The molecule has 0 radical (unpaired) electrons. The summed E-state index contributed by atoms with van der Waals surface area (Å²) in [7, 11) is 0.0402. The molecule has 0 aliphatic carbocycles. The molecular weight excluding hydrogens is 369 g/mol. The number of carbonyl (C=O) groups is 2. The van der Waals surface area contributed by atoms with Gasteiger partial charge >= 0.3 is 5.97 Å². The van der Waals surface area contributed by atoms with Crippen molar-refractivity contribution in [3.8, 4) is 0 Å². The summed E-state index contributed by atoms with van der Waals surface area (Å²) < 4.78 is 4.89. The number of nitrogens with one attached hydrogen (secondary N) is 1. The van der Waals surface area contributed by atoms with Crippen LogP contribution in [0.25, 0.3) is 0 Å². The van der Waals surface area contributed by atoms with Crippen molar-refractivity contribution >= 4 is 24.8 Å². The lowest BCUT2D eigenvalue weighted by atomic mass is 10.1. The number of benzene rings is 1. The SMILES string of the molecule is CCCC[P+](CCCC)(CCCC)CC(=O)Nc1c(C)cccc1C(=O)OC. The zero-order valence-electron chi connectivity index (χ0n) is 18.5. The van der Waals surface area contributed by atoms with Crippen molar-refractivity contribution in [2.24, 2.45) is 0 Å². The van der Waals surface area contributed by atoms with Gasteiger partial charge in [-0.25, -0.2) is 4.79 Å². The second kappa shape index (κ2) is 12.9. The maximum Gasteiger partial charge on any atom is 0.339 e. The molecule has 28 heavy (non-hydrogen) atoms. The van der Waals surface area contributed by atoms with E-state index in [2.05, 4.69) is 26.1 Å². The molecule has 4 nitrogen and oxygen atoms in total. The van der Waals surface area contributed by atoms with Gasteiger partial charge in [0.25, 0.3) is 5.91 Å². The highest BCUT2D eigenvalue weighted by Gasteiger charge is 2.38. The summed E-state index contributed by atoms with van der Waals surface area (Å²) in [5.74, 6) is -0.362. The van der Waals surface area contributed by atoms with E-state index in [0.29, 0.717) is 17.4 Å². The van der Waals surface area contributed by atoms with Crippen LogP contribution in [0.1, 0.15) is 75.2 Å². The Kier molecular flexibility index (Phi) is 11.4. The second-order valence-electron chi connectivity index (χ2n) is 7.77. The normalized spacial score (nSPS) is 11.3. The number of ether oxygens (including phenoxy) is 1. The molecular formula is C23H39NO3P+. The maximum absolute atomic E-state index is 13.1. The van der Waals surface area contributed by atoms with Crippen LogP contribution in [-0.4, -0.2) is 43.6 Å². The minimum absolute atomic E-state index is 0.0519. The second-order valence-corrected chi connectivity index (χ2v) is 12.1. The lowest BCUT2D eigenvalue weighted by molar-refractivity contribution is -0.113. The van der Waals surface area contributed by atoms with Gasteiger partial charge < -0.3 is 10.1 Å². The first-order valence-electron chi connectivity index (χ1n) is 10.8. The molecule has 0 aliphatic rings. The van der Waals surface area contributed by atoms with Crippen molar-refractivity contribution in [3.05, 3.63) is 29.3 Å². The summed E-state index contributed by atoms with van der Waals surface area (Å²) in [6.07, 6.45) is 11.4. The number of aryl methyl sites for hydroxylation is 1. The molecule has 0 saturated carbocycles. The molecule has 5 heteroatoms. The van der Waals surface area contributed by atoms with Gasteiger partial charge in [0.1, 0.15) is 6.16 Å². The monoisotopic (exact) mass is 408 g/mol. The van der Waals surface area contributed by atoms with Crippen LogP contribution in [-0.2, 0) is 9.53 Å². The molecule has 158 valence electrons. The van der Waals surface area contributed by atoms with Gasteiger partial charge in [-0.15, -0.1) is 0 Å². The van der Waals surface area contributed by atoms with Crippen LogP contribution in [0.5, 0.6) is 0 Å². The third kappa shape index (κ3) is 7.54. The van der Waals surface area contributed by atoms with Gasteiger partial charge in [-0.2, -0.15) is 0 Å². The van der Waals surface area contributed by atoms with Crippen molar-refractivity contribution in [2.75, 3.05) is 37.1 Å². The topological polar surface area (TPSA) is 55.4 Å². The summed E-state index contributed by atoms with van der Waals surface area (Å²) in [4.78, 5) is 25.2. The fraction of sp³-hybridized carbons (Fsp3) is 0.652. The molecule has 0 spiro atoms. The summed E-state index contributed by atoms with van der Waals surface area (Å²) in [5, 5.41) is 3.07. The zero-order chi connectivity index (χ0) is 21.0. The standard InChI is InChI=1S/C23H38NO3P/c1-6-9-15-28(16-10-7-2,17-11-8-3)18-21(25)24-22-19(4)13-12-14-20(22)23(26)27-5/h12-14H,6-11,15-18H2,1-5H3/p+1.